The summed E-state index contributed by atoms with van der Waals surface area (Å²) in [7, 11) is -7.68. The molecule has 0 aliphatic carbocycles. The summed E-state index contributed by atoms with van der Waals surface area (Å²) in [5, 5.41) is 9.26. The number of carboxylic acids is 1. The second kappa shape index (κ2) is 7.81. The molecule has 1 aromatic rings. The fourth-order valence-electron chi connectivity index (χ4n) is 2.69. The molecule has 1 unspecified atom stereocenters. The monoisotopic (exact) mass is 390 g/mol. The van der Waals surface area contributed by atoms with Gasteiger partial charge in [-0.25, -0.2) is 21.6 Å². The minimum Gasteiger partial charge on any atom is -0.480 e. The lowest BCUT2D eigenvalue weighted by atomic mass is 10.1. The second-order valence-electron chi connectivity index (χ2n) is 5.83. The quantitative estimate of drug-likeness (QED) is 0.716. The minimum absolute atomic E-state index is 0.0340. The number of piperidine rings is 1. The van der Waals surface area contributed by atoms with E-state index in [-0.39, 0.29) is 29.3 Å². The van der Waals surface area contributed by atoms with Crippen LogP contribution in [0.2, 0.25) is 0 Å². The standard InChI is InChI=1S/C15H22N2O6S2/c1-2-10-16-24(20,21)12-6-8-13(9-7-12)25(22,23)17-11-4-3-5-14(17)15(18)19/h6-9,14,16H,2-5,10-11H2,1H3,(H,18,19). The van der Waals surface area contributed by atoms with Gasteiger partial charge in [0, 0.05) is 13.1 Å². The van der Waals surface area contributed by atoms with Crippen LogP contribution >= 0.6 is 0 Å². The van der Waals surface area contributed by atoms with Crippen molar-refractivity contribution < 1.29 is 26.7 Å². The van der Waals surface area contributed by atoms with Gasteiger partial charge < -0.3 is 5.11 Å². The normalized spacial score (nSPS) is 19.6. The van der Waals surface area contributed by atoms with Crippen LogP contribution < -0.4 is 4.72 Å². The molecule has 1 aliphatic heterocycles. The van der Waals surface area contributed by atoms with Crippen molar-refractivity contribution in [3.63, 3.8) is 0 Å². The van der Waals surface area contributed by atoms with Crippen molar-refractivity contribution in [2.45, 2.75) is 48.4 Å². The Kier molecular flexibility index (Phi) is 6.20. The van der Waals surface area contributed by atoms with Gasteiger partial charge in [-0.1, -0.05) is 6.92 Å². The SMILES string of the molecule is CCCNS(=O)(=O)c1ccc(S(=O)(=O)N2CCCCC2C(=O)O)cc1. The number of rotatable bonds is 7. The summed E-state index contributed by atoms with van der Waals surface area (Å²) in [4.78, 5) is 11.2. The molecule has 8 nitrogen and oxygen atoms in total. The molecule has 10 heteroatoms. The van der Waals surface area contributed by atoms with Gasteiger partial charge in [0.15, 0.2) is 0 Å². The molecule has 0 amide bonds. The van der Waals surface area contributed by atoms with Gasteiger partial charge in [0.05, 0.1) is 9.79 Å². The molecule has 2 rings (SSSR count). The average Bonchev–Trinajstić information content (AvgIpc) is 2.60. The highest BCUT2D eigenvalue weighted by Crippen LogP contribution is 2.26. The number of hydrogen-bond donors (Lipinski definition) is 2. The van der Waals surface area contributed by atoms with Crippen LogP contribution in [0, 0.1) is 0 Å². The smallest absolute Gasteiger partial charge is 0.322 e. The Balaban J connectivity index is 2.30. The van der Waals surface area contributed by atoms with E-state index in [1.165, 1.54) is 24.3 Å². The van der Waals surface area contributed by atoms with Crippen LogP contribution in [0.5, 0.6) is 0 Å². The maximum absolute atomic E-state index is 12.7. The van der Waals surface area contributed by atoms with E-state index >= 15 is 0 Å². The first-order valence-electron chi connectivity index (χ1n) is 8.04. The molecule has 0 bridgehead atoms. The molecule has 0 saturated carbocycles. The maximum atomic E-state index is 12.7. The largest absolute Gasteiger partial charge is 0.480 e. The topological polar surface area (TPSA) is 121 Å². The van der Waals surface area contributed by atoms with Crippen LogP contribution in [0.25, 0.3) is 0 Å². The summed E-state index contributed by atoms with van der Waals surface area (Å²) < 4.78 is 52.9. The molecule has 0 radical (unpaired) electrons. The molecule has 140 valence electrons. The van der Waals surface area contributed by atoms with Crippen molar-refractivity contribution in [3.8, 4) is 0 Å². The predicted molar refractivity (Wildman–Crippen MR) is 91.1 cm³/mol. The Hall–Kier alpha value is -1.49. The van der Waals surface area contributed by atoms with Crippen molar-refractivity contribution in [2.24, 2.45) is 0 Å². The van der Waals surface area contributed by atoms with Gasteiger partial charge in [0.1, 0.15) is 6.04 Å². The molecular formula is C15H22N2O6S2. The van der Waals surface area contributed by atoms with Crippen molar-refractivity contribution in [2.75, 3.05) is 13.1 Å². The highest BCUT2D eigenvalue weighted by molar-refractivity contribution is 7.89. The molecule has 25 heavy (non-hydrogen) atoms. The Labute approximate surface area is 147 Å². The number of carboxylic acid groups (broad SMARTS) is 1. The van der Waals surface area contributed by atoms with Gasteiger partial charge >= 0.3 is 5.97 Å². The average molecular weight is 390 g/mol. The first kappa shape index (κ1) is 19.8. The van der Waals surface area contributed by atoms with Crippen molar-refractivity contribution in [1.29, 1.82) is 0 Å². The van der Waals surface area contributed by atoms with E-state index in [1.54, 1.807) is 0 Å². The van der Waals surface area contributed by atoms with Gasteiger partial charge in [-0.15, -0.1) is 0 Å². The lowest BCUT2D eigenvalue weighted by Gasteiger charge is -2.31. The fraction of sp³-hybridized carbons (Fsp3) is 0.533. The van der Waals surface area contributed by atoms with E-state index in [1.807, 2.05) is 6.92 Å². The minimum atomic E-state index is -4.00. The number of hydrogen-bond acceptors (Lipinski definition) is 5. The van der Waals surface area contributed by atoms with Gasteiger partial charge in [0.2, 0.25) is 20.0 Å². The van der Waals surface area contributed by atoms with E-state index in [0.29, 0.717) is 19.3 Å². The van der Waals surface area contributed by atoms with Gasteiger partial charge in [-0.3, -0.25) is 4.79 Å². The molecular weight excluding hydrogens is 368 g/mol. The Bertz CT molecular complexity index is 818. The molecule has 1 fully saturated rings. The van der Waals surface area contributed by atoms with Crippen molar-refractivity contribution in [1.82, 2.24) is 9.03 Å². The summed E-state index contributed by atoms with van der Waals surface area (Å²) in [5.74, 6) is -1.17. The van der Waals surface area contributed by atoms with Crippen LogP contribution in [0.1, 0.15) is 32.6 Å². The van der Waals surface area contributed by atoms with E-state index in [9.17, 15) is 26.7 Å². The van der Waals surface area contributed by atoms with E-state index < -0.39 is 32.1 Å². The van der Waals surface area contributed by atoms with Gasteiger partial charge in [0.25, 0.3) is 0 Å². The predicted octanol–water partition coefficient (Wildman–Crippen LogP) is 1.00. The number of nitrogens with zero attached hydrogens (tertiary/aromatic N) is 1. The molecule has 1 saturated heterocycles. The lowest BCUT2D eigenvalue weighted by molar-refractivity contribution is -0.142. The first-order valence-corrected chi connectivity index (χ1v) is 11.0. The van der Waals surface area contributed by atoms with E-state index in [2.05, 4.69) is 4.72 Å². The third-order valence-corrected chi connectivity index (χ3v) is 7.42. The van der Waals surface area contributed by atoms with Crippen LogP contribution in [0.15, 0.2) is 34.1 Å². The molecule has 0 aromatic heterocycles. The highest BCUT2D eigenvalue weighted by Gasteiger charge is 2.37. The number of benzene rings is 1. The first-order chi connectivity index (χ1) is 11.7. The molecule has 2 N–H and O–H groups in total. The fourth-order valence-corrected chi connectivity index (χ4v) is 5.47. The Morgan fingerprint density at radius 1 is 1.16 bits per heavy atom. The maximum Gasteiger partial charge on any atom is 0.322 e. The molecule has 1 aromatic carbocycles. The summed E-state index contributed by atoms with van der Waals surface area (Å²) in [6, 6.07) is 3.73. The van der Waals surface area contributed by atoms with E-state index in [0.717, 1.165) is 4.31 Å². The summed E-state index contributed by atoms with van der Waals surface area (Å²) in [6.07, 6.45) is 2.15. The lowest BCUT2D eigenvalue weighted by Crippen LogP contribution is -2.47. The molecule has 1 atom stereocenters. The van der Waals surface area contributed by atoms with Crippen LogP contribution in [0.3, 0.4) is 0 Å². The number of sulfonamides is 2. The van der Waals surface area contributed by atoms with E-state index in [4.69, 9.17) is 0 Å². The molecule has 1 heterocycles. The van der Waals surface area contributed by atoms with Crippen molar-refractivity contribution in [3.05, 3.63) is 24.3 Å². The number of nitrogens with one attached hydrogen (secondary N) is 1. The summed E-state index contributed by atoms with van der Waals surface area (Å²) in [5.41, 5.74) is 0. The van der Waals surface area contributed by atoms with Gasteiger partial charge in [-0.2, -0.15) is 4.31 Å². The Morgan fingerprint density at radius 3 is 2.32 bits per heavy atom. The van der Waals surface area contributed by atoms with Crippen LogP contribution in [0.4, 0.5) is 0 Å². The number of aliphatic carboxylic acids is 1. The summed E-state index contributed by atoms with van der Waals surface area (Å²) >= 11 is 0. The molecule has 0 spiro atoms. The third-order valence-electron chi connectivity index (χ3n) is 4.02. The summed E-state index contributed by atoms with van der Waals surface area (Å²) in [6.45, 7) is 2.25. The molecule has 1 aliphatic rings. The van der Waals surface area contributed by atoms with Crippen LogP contribution in [-0.2, 0) is 24.8 Å². The van der Waals surface area contributed by atoms with Crippen molar-refractivity contribution >= 4 is 26.0 Å². The zero-order chi connectivity index (χ0) is 18.7. The zero-order valence-electron chi connectivity index (χ0n) is 13.9. The zero-order valence-corrected chi connectivity index (χ0v) is 15.5. The number of carbonyl (C=O) groups is 1. The second-order valence-corrected chi connectivity index (χ2v) is 9.49. The third kappa shape index (κ3) is 4.38. The Morgan fingerprint density at radius 2 is 1.76 bits per heavy atom. The van der Waals surface area contributed by atoms with Crippen LogP contribution in [-0.4, -0.2) is 51.3 Å². The van der Waals surface area contributed by atoms with Gasteiger partial charge in [-0.05, 0) is 49.9 Å². The highest BCUT2D eigenvalue weighted by atomic mass is 32.2.